The molecule has 1 aliphatic heterocycles. The number of piperidine rings is 1. The monoisotopic (exact) mass is 372 g/mol. The topological polar surface area (TPSA) is 67.2 Å². The lowest BCUT2D eigenvalue weighted by Crippen LogP contribution is -2.47. The van der Waals surface area contributed by atoms with Crippen LogP contribution in [0, 0.1) is 11.7 Å². The van der Waals surface area contributed by atoms with Gasteiger partial charge in [-0.3, -0.25) is 9.59 Å². The fourth-order valence-electron chi connectivity index (χ4n) is 3.21. The third kappa shape index (κ3) is 4.72. The van der Waals surface area contributed by atoms with Gasteiger partial charge in [0.05, 0.1) is 5.69 Å². The van der Waals surface area contributed by atoms with Crippen molar-refractivity contribution < 1.29 is 9.18 Å². The minimum atomic E-state index is -0.419. The number of nitrogens with zero attached hydrogens (tertiary/aromatic N) is 3. The number of anilines is 1. The average Bonchev–Trinajstić information content (AvgIpc) is 2.61. The number of amides is 1. The molecular formula is C20H25FN4O2. The summed E-state index contributed by atoms with van der Waals surface area (Å²) >= 11 is 0. The number of nitrogens with one attached hydrogen (secondary N) is 1. The van der Waals surface area contributed by atoms with E-state index in [1.807, 2.05) is 20.8 Å². The lowest BCUT2D eigenvalue weighted by molar-refractivity contribution is -0.127. The van der Waals surface area contributed by atoms with Crippen molar-refractivity contribution >= 4 is 11.7 Å². The van der Waals surface area contributed by atoms with Crippen LogP contribution in [0.3, 0.4) is 0 Å². The first-order valence-electron chi connectivity index (χ1n) is 9.16. The van der Waals surface area contributed by atoms with Crippen LogP contribution in [0.15, 0.2) is 41.2 Å². The molecule has 27 heavy (non-hydrogen) atoms. The van der Waals surface area contributed by atoms with E-state index >= 15 is 0 Å². The van der Waals surface area contributed by atoms with Crippen molar-refractivity contribution in [2.75, 3.05) is 18.0 Å². The fourth-order valence-corrected chi connectivity index (χ4v) is 3.21. The van der Waals surface area contributed by atoms with Gasteiger partial charge in [-0.15, -0.1) is 5.10 Å². The van der Waals surface area contributed by atoms with Crippen molar-refractivity contribution in [3.63, 3.8) is 0 Å². The summed E-state index contributed by atoms with van der Waals surface area (Å²) < 4.78 is 14.7. The molecule has 1 fully saturated rings. The average molecular weight is 372 g/mol. The lowest BCUT2D eigenvalue weighted by Gasteiger charge is -2.33. The summed E-state index contributed by atoms with van der Waals surface area (Å²) in [6, 6.07) is 8.90. The van der Waals surface area contributed by atoms with Gasteiger partial charge in [-0.05, 0) is 57.9 Å². The zero-order valence-corrected chi connectivity index (χ0v) is 15.9. The summed E-state index contributed by atoms with van der Waals surface area (Å²) in [5, 5.41) is 7.43. The Labute approximate surface area is 158 Å². The maximum absolute atomic E-state index is 13.5. The van der Waals surface area contributed by atoms with Gasteiger partial charge in [0.2, 0.25) is 5.91 Å². The molecule has 0 bridgehead atoms. The minimum Gasteiger partial charge on any atom is -0.355 e. The van der Waals surface area contributed by atoms with E-state index in [4.69, 9.17) is 0 Å². The molecule has 0 unspecified atom stereocenters. The fraction of sp³-hybridized carbons (Fsp3) is 0.450. The SMILES string of the molecule is CC(C)(C)NC(=O)C1CCN(c2ccc(=O)n(-c3cccc(F)c3)n2)CC1. The largest absolute Gasteiger partial charge is 0.355 e. The third-order valence-corrected chi connectivity index (χ3v) is 4.53. The van der Waals surface area contributed by atoms with Gasteiger partial charge in [0.1, 0.15) is 11.6 Å². The molecule has 144 valence electrons. The molecular weight excluding hydrogens is 347 g/mol. The number of carbonyl (C=O) groups excluding carboxylic acids is 1. The maximum Gasteiger partial charge on any atom is 0.271 e. The second kappa shape index (κ2) is 7.50. The van der Waals surface area contributed by atoms with Gasteiger partial charge in [0.15, 0.2) is 0 Å². The molecule has 1 saturated heterocycles. The number of benzene rings is 1. The Hall–Kier alpha value is -2.70. The molecule has 3 rings (SSSR count). The highest BCUT2D eigenvalue weighted by atomic mass is 19.1. The van der Waals surface area contributed by atoms with E-state index < -0.39 is 5.82 Å². The van der Waals surface area contributed by atoms with Crippen molar-refractivity contribution in [1.29, 1.82) is 0 Å². The summed E-state index contributed by atoms with van der Waals surface area (Å²) in [4.78, 5) is 26.5. The first-order chi connectivity index (χ1) is 12.7. The van der Waals surface area contributed by atoms with Crippen molar-refractivity contribution in [2.45, 2.75) is 39.2 Å². The van der Waals surface area contributed by atoms with Crippen LogP contribution in [0.5, 0.6) is 0 Å². The van der Waals surface area contributed by atoms with Crippen LogP contribution in [0.4, 0.5) is 10.2 Å². The van der Waals surface area contributed by atoms with E-state index in [0.29, 0.717) is 24.6 Å². The van der Waals surface area contributed by atoms with Gasteiger partial charge in [-0.25, -0.2) is 4.39 Å². The molecule has 6 nitrogen and oxygen atoms in total. The van der Waals surface area contributed by atoms with Crippen LogP contribution in [-0.4, -0.2) is 34.3 Å². The van der Waals surface area contributed by atoms with Gasteiger partial charge >= 0.3 is 0 Å². The van der Waals surface area contributed by atoms with E-state index in [0.717, 1.165) is 12.8 Å². The number of halogens is 1. The van der Waals surface area contributed by atoms with E-state index in [1.54, 1.807) is 18.2 Å². The summed E-state index contributed by atoms with van der Waals surface area (Å²) in [6.07, 6.45) is 1.45. The van der Waals surface area contributed by atoms with Crippen molar-refractivity contribution in [3.05, 3.63) is 52.6 Å². The maximum atomic E-state index is 13.5. The van der Waals surface area contributed by atoms with Crippen molar-refractivity contribution in [2.24, 2.45) is 5.92 Å². The summed E-state index contributed by atoms with van der Waals surface area (Å²) in [6.45, 7) is 7.27. The van der Waals surface area contributed by atoms with Crippen LogP contribution < -0.4 is 15.8 Å². The summed E-state index contributed by atoms with van der Waals surface area (Å²) in [7, 11) is 0. The standard InChI is InChI=1S/C20H25FN4O2/c1-20(2,3)22-19(27)14-9-11-24(12-10-14)17-7-8-18(26)25(23-17)16-6-4-5-15(21)13-16/h4-8,13-14H,9-12H2,1-3H3,(H,22,27). The van der Waals surface area contributed by atoms with E-state index in [9.17, 15) is 14.0 Å². The Kier molecular flexibility index (Phi) is 5.30. The molecule has 0 radical (unpaired) electrons. The van der Waals surface area contributed by atoms with Crippen LogP contribution in [0.1, 0.15) is 33.6 Å². The highest BCUT2D eigenvalue weighted by Gasteiger charge is 2.28. The molecule has 1 amide bonds. The first kappa shape index (κ1) is 19.1. The van der Waals surface area contributed by atoms with Gasteiger partial charge in [0.25, 0.3) is 5.56 Å². The number of hydrogen-bond donors (Lipinski definition) is 1. The molecule has 7 heteroatoms. The van der Waals surface area contributed by atoms with Gasteiger partial charge < -0.3 is 10.2 Å². The Morgan fingerprint density at radius 3 is 2.52 bits per heavy atom. The molecule has 0 aliphatic carbocycles. The predicted octanol–water partition coefficient (Wildman–Crippen LogP) is 2.50. The summed E-state index contributed by atoms with van der Waals surface area (Å²) in [5.41, 5.74) is -0.166. The number of rotatable bonds is 3. The Bertz CT molecular complexity index is 880. The third-order valence-electron chi connectivity index (χ3n) is 4.53. The van der Waals surface area contributed by atoms with E-state index in [1.165, 1.54) is 22.9 Å². The van der Waals surface area contributed by atoms with E-state index in [2.05, 4.69) is 15.3 Å². The molecule has 0 saturated carbocycles. The number of carbonyl (C=O) groups is 1. The highest BCUT2D eigenvalue weighted by molar-refractivity contribution is 5.79. The lowest BCUT2D eigenvalue weighted by atomic mass is 9.94. The molecule has 1 aliphatic rings. The smallest absolute Gasteiger partial charge is 0.271 e. The van der Waals surface area contributed by atoms with Gasteiger partial charge in [0, 0.05) is 30.6 Å². The zero-order valence-electron chi connectivity index (χ0n) is 15.9. The van der Waals surface area contributed by atoms with Crippen LogP contribution in [-0.2, 0) is 4.79 Å². The van der Waals surface area contributed by atoms with E-state index in [-0.39, 0.29) is 22.9 Å². The Morgan fingerprint density at radius 2 is 1.89 bits per heavy atom. The quantitative estimate of drug-likeness (QED) is 0.899. The van der Waals surface area contributed by atoms with Gasteiger partial charge in [-0.1, -0.05) is 6.07 Å². The van der Waals surface area contributed by atoms with Crippen molar-refractivity contribution in [1.82, 2.24) is 15.1 Å². The molecule has 0 atom stereocenters. The van der Waals surface area contributed by atoms with Crippen LogP contribution in [0.2, 0.25) is 0 Å². The number of hydrogen-bond acceptors (Lipinski definition) is 4. The minimum absolute atomic E-state index is 0.0189. The Morgan fingerprint density at radius 1 is 1.19 bits per heavy atom. The van der Waals surface area contributed by atoms with Crippen LogP contribution in [0.25, 0.3) is 5.69 Å². The molecule has 2 heterocycles. The highest BCUT2D eigenvalue weighted by Crippen LogP contribution is 2.22. The molecule has 2 aromatic rings. The van der Waals surface area contributed by atoms with Crippen LogP contribution >= 0.6 is 0 Å². The molecule has 1 N–H and O–H groups in total. The zero-order chi connectivity index (χ0) is 19.6. The summed E-state index contributed by atoms with van der Waals surface area (Å²) in [5.74, 6) is 0.292. The predicted molar refractivity (Wildman–Crippen MR) is 103 cm³/mol. The Balaban J connectivity index is 1.73. The normalized spacial score (nSPS) is 15.6. The molecule has 1 aromatic heterocycles. The van der Waals surface area contributed by atoms with Gasteiger partial charge in [-0.2, -0.15) is 4.68 Å². The van der Waals surface area contributed by atoms with Crippen molar-refractivity contribution in [3.8, 4) is 5.69 Å². The molecule has 0 spiro atoms. The second-order valence-electron chi connectivity index (χ2n) is 7.92. The number of aromatic nitrogens is 2. The second-order valence-corrected chi connectivity index (χ2v) is 7.92. The molecule has 1 aromatic carbocycles. The first-order valence-corrected chi connectivity index (χ1v) is 9.16.